The maximum Gasteiger partial charge on any atom is 0.170 e. The van der Waals surface area contributed by atoms with E-state index < -0.39 is 5.82 Å². The lowest BCUT2D eigenvalue weighted by Gasteiger charge is -2.05. The van der Waals surface area contributed by atoms with Gasteiger partial charge in [0.1, 0.15) is 5.82 Å². The Morgan fingerprint density at radius 1 is 1.25 bits per heavy atom. The van der Waals surface area contributed by atoms with E-state index in [-0.39, 0.29) is 5.84 Å². The second-order valence-corrected chi connectivity index (χ2v) is 5.56. The molecule has 2 rings (SSSR count). The number of amidine groups is 1. The van der Waals surface area contributed by atoms with Crippen molar-refractivity contribution in [3.63, 3.8) is 0 Å². The van der Waals surface area contributed by atoms with Gasteiger partial charge < -0.3 is 10.9 Å². The Morgan fingerprint density at radius 2 is 1.95 bits per heavy atom. The molecule has 0 spiro atoms. The smallest absolute Gasteiger partial charge is 0.170 e. The first kappa shape index (κ1) is 14.7. The highest BCUT2D eigenvalue weighted by Crippen LogP contribution is 2.25. The van der Waals surface area contributed by atoms with E-state index in [0.29, 0.717) is 16.3 Å². The summed E-state index contributed by atoms with van der Waals surface area (Å²) in [5.74, 6) is 0.0496. The summed E-state index contributed by atoms with van der Waals surface area (Å²) in [5, 5.41) is 12.2. The van der Waals surface area contributed by atoms with E-state index in [2.05, 4.69) is 5.16 Å². The number of hydrogen-bond acceptors (Lipinski definition) is 3. The average molecular weight is 311 g/mol. The second kappa shape index (κ2) is 6.63. The lowest BCUT2D eigenvalue weighted by molar-refractivity contribution is 0.318. The molecule has 20 heavy (non-hydrogen) atoms. The first-order valence-corrected chi connectivity index (χ1v) is 7.10. The van der Waals surface area contributed by atoms with E-state index in [9.17, 15) is 4.39 Å². The molecule has 0 unspecified atom stereocenters. The molecule has 2 aromatic rings. The molecule has 0 aromatic heterocycles. The van der Waals surface area contributed by atoms with E-state index in [0.717, 1.165) is 10.5 Å². The summed E-state index contributed by atoms with van der Waals surface area (Å²) >= 11 is 7.36. The minimum Gasteiger partial charge on any atom is -0.409 e. The summed E-state index contributed by atoms with van der Waals surface area (Å²) in [6.07, 6.45) is 0. The molecule has 0 heterocycles. The van der Waals surface area contributed by atoms with E-state index in [1.54, 1.807) is 30.0 Å². The number of nitrogens with two attached hydrogens (primary N) is 1. The summed E-state index contributed by atoms with van der Waals surface area (Å²) in [6.45, 7) is 0. The summed E-state index contributed by atoms with van der Waals surface area (Å²) in [5.41, 5.74) is 6.58. The van der Waals surface area contributed by atoms with Gasteiger partial charge in [0.05, 0.1) is 0 Å². The number of rotatable bonds is 4. The van der Waals surface area contributed by atoms with Gasteiger partial charge in [-0.1, -0.05) is 16.8 Å². The lowest BCUT2D eigenvalue weighted by atomic mass is 10.1. The number of benzene rings is 2. The van der Waals surface area contributed by atoms with Crippen LogP contribution in [0.1, 0.15) is 11.1 Å². The van der Waals surface area contributed by atoms with Crippen molar-refractivity contribution in [1.82, 2.24) is 0 Å². The molecule has 0 radical (unpaired) electrons. The fourth-order valence-corrected chi connectivity index (χ4v) is 2.59. The zero-order chi connectivity index (χ0) is 14.5. The van der Waals surface area contributed by atoms with Crippen LogP contribution in [0.25, 0.3) is 0 Å². The largest absolute Gasteiger partial charge is 0.409 e. The van der Waals surface area contributed by atoms with E-state index in [4.69, 9.17) is 22.5 Å². The van der Waals surface area contributed by atoms with Crippen molar-refractivity contribution < 1.29 is 9.60 Å². The third-order valence-corrected chi connectivity index (χ3v) is 3.92. The molecule has 0 atom stereocenters. The van der Waals surface area contributed by atoms with E-state index in [1.165, 1.54) is 12.1 Å². The molecular weight excluding hydrogens is 299 g/mol. The second-order valence-electron chi connectivity index (χ2n) is 4.08. The maximum atomic E-state index is 13.5. The highest BCUT2D eigenvalue weighted by molar-refractivity contribution is 7.98. The molecule has 3 nitrogen and oxygen atoms in total. The summed E-state index contributed by atoms with van der Waals surface area (Å²) in [7, 11) is 0. The average Bonchev–Trinajstić information content (AvgIpc) is 2.45. The Kier molecular flexibility index (Phi) is 4.87. The molecule has 3 N–H and O–H groups in total. The minimum absolute atomic E-state index is 0.109. The SMILES string of the molecule is N/C(=N/O)c1cc(F)cc(CSc2ccc(Cl)cc2)c1. The molecule has 6 heteroatoms. The predicted molar refractivity (Wildman–Crippen MR) is 79.9 cm³/mol. The molecule has 0 bridgehead atoms. The van der Waals surface area contributed by atoms with Gasteiger partial charge in [0.25, 0.3) is 0 Å². The number of hydrogen-bond donors (Lipinski definition) is 2. The Bertz CT molecular complexity index is 632. The molecule has 0 fully saturated rings. The van der Waals surface area contributed by atoms with Crippen molar-refractivity contribution in [1.29, 1.82) is 0 Å². The molecule has 0 aliphatic carbocycles. The van der Waals surface area contributed by atoms with Crippen LogP contribution in [0.3, 0.4) is 0 Å². The Balaban J connectivity index is 2.13. The first-order chi connectivity index (χ1) is 9.58. The summed E-state index contributed by atoms with van der Waals surface area (Å²) in [6, 6.07) is 11.8. The Morgan fingerprint density at radius 3 is 2.60 bits per heavy atom. The zero-order valence-electron chi connectivity index (χ0n) is 10.4. The quantitative estimate of drug-likeness (QED) is 0.296. The van der Waals surface area contributed by atoms with Crippen LogP contribution in [-0.4, -0.2) is 11.0 Å². The summed E-state index contributed by atoms with van der Waals surface area (Å²) < 4.78 is 13.5. The normalized spacial score (nSPS) is 11.6. The zero-order valence-corrected chi connectivity index (χ0v) is 12.0. The van der Waals surface area contributed by atoms with Crippen molar-refractivity contribution >= 4 is 29.2 Å². The Labute approximate surface area is 125 Å². The number of halogens is 2. The highest BCUT2D eigenvalue weighted by Gasteiger charge is 2.05. The van der Waals surface area contributed by atoms with Gasteiger partial charge in [-0.25, -0.2) is 4.39 Å². The van der Waals surface area contributed by atoms with Crippen molar-refractivity contribution in [3.8, 4) is 0 Å². The topological polar surface area (TPSA) is 58.6 Å². The minimum atomic E-state index is -0.416. The van der Waals surface area contributed by atoms with Crippen LogP contribution in [-0.2, 0) is 5.75 Å². The first-order valence-electron chi connectivity index (χ1n) is 5.74. The monoisotopic (exact) mass is 310 g/mol. The van der Waals surface area contributed by atoms with Crippen LogP contribution < -0.4 is 5.73 Å². The van der Waals surface area contributed by atoms with Crippen molar-refractivity contribution in [2.24, 2.45) is 10.9 Å². The molecule has 0 saturated carbocycles. The van der Waals surface area contributed by atoms with Crippen LogP contribution in [0.5, 0.6) is 0 Å². The molecule has 0 saturated heterocycles. The van der Waals surface area contributed by atoms with Gasteiger partial charge in [-0.2, -0.15) is 0 Å². The molecule has 0 aliphatic heterocycles. The Hall–Kier alpha value is -1.72. The van der Waals surface area contributed by atoms with Crippen LogP contribution >= 0.6 is 23.4 Å². The highest BCUT2D eigenvalue weighted by atomic mass is 35.5. The van der Waals surface area contributed by atoms with Crippen LogP contribution in [0.4, 0.5) is 4.39 Å². The van der Waals surface area contributed by atoms with Gasteiger partial charge >= 0.3 is 0 Å². The predicted octanol–water partition coefficient (Wildman–Crippen LogP) is 3.87. The van der Waals surface area contributed by atoms with Gasteiger partial charge in [0.15, 0.2) is 5.84 Å². The number of thioether (sulfide) groups is 1. The third-order valence-electron chi connectivity index (χ3n) is 2.58. The van der Waals surface area contributed by atoms with Gasteiger partial charge in [0.2, 0.25) is 0 Å². The third kappa shape index (κ3) is 3.88. The fourth-order valence-electron chi connectivity index (χ4n) is 1.64. The van der Waals surface area contributed by atoms with E-state index in [1.807, 2.05) is 12.1 Å². The van der Waals surface area contributed by atoms with Gasteiger partial charge in [-0.3, -0.25) is 0 Å². The standard InChI is InChI=1S/C14H12ClFN2OS/c15-11-1-3-13(4-2-11)20-8-9-5-10(14(17)18-19)7-12(16)6-9/h1-7,19H,8H2,(H2,17,18). The molecule has 0 amide bonds. The maximum absolute atomic E-state index is 13.5. The van der Waals surface area contributed by atoms with Crippen molar-refractivity contribution in [2.45, 2.75) is 10.6 Å². The van der Waals surface area contributed by atoms with Crippen LogP contribution in [0, 0.1) is 5.82 Å². The molecule has 104 valence electrons. The molecular formula is C14H12ClFN2OS. The number of nitrogens with zero attached hydrogens (tertiary/aromatic N) is 1. The van der Waals surface area contributed by atoms with Crippen LogP contribution in [0.2, 0.25) is 5.02 Å². The number of oxime groups is 1. The van der Waals surface area contributed by atoms with Gasteiger partial charge in [-0.05, 0) is 48.0 Å². The van der Waals surface area contributed by atoms with Crippen molar-refractivity contribution in [3.05, 3.63) is 64.4 Å². The molecule has 2 aromatic carbocycles. The van der Waals surface area contributed by atoms with Gasteiger partial charge in [0, 0.05) is 21.2 Å². The van der Waals surface area contributed by atoms with Crippen molar-refractivity contribution in [2.75, 3.05) is 0 Å². The molecule has 0 aliphatic rings. The fraction of sp³-hybridized carbons (Fsp3) is 0.0714. The summed E-state index contributed by atoms with van der Waals surface area (Å²) in [4.78, 5) is 1.03. The van der Waals surface area contributed by atoms with Crippen LogP contribution in [0.15, 0.2) is 52.5 Å². The lowest BCUT2D eigenvalue weighted by Crippen LogP contribution is -2.13. The van der Waals surface area contributed by atoms with Gasteiger partial charge in [-0.15, -0.1) is 11.8 Å². The van der Waals surface area contributed by atoms with E-state index >= 15 is 0 Å².